The summed E-state index contributed by atoms with van der Waals surface area (Å²) in [5, 5.41) is 0.497. The number of fused-ring (bicyclic) bond motifs is 1. The first-order chi connectivity index (χ1) is 11.1. The number of benzene rings is 1. The topological polar surface area (TPSA) is 61.2 Å². The zero-order valence-electron chi connectivity index (χ0n) is 12.9. The first-order valence-corrected chi connectivity index (χ1v) is 8.13. The van der Waals surface area contributed by atoms with Crippen molar-refractivity contribution in [3.63, 3.8) is 0 Å². The highest BCUT2D eigenvalue weighted by atomic mass is 32.1. The summed E-state index contributed by atoms with van der Waals surface area (Å²) in [5.41, 5.74) is 1.53. The molecule has 0 spiro atoms. The minimum Gasteiger partial charge on any atom is -0.462 e. The SMILES string of the molecule is CCOC(=O)c1sc2ncn(Cc3ccccc3)c(=O)c2c1C. The van der Waals surface area contributed by atoms with Gasteiger partial charge in [0.15, 0.2) is 0 Å². The van der Waals surface area contributed by atoms with E-state index in [4.69, 9.17) is 4.74 Å². The summed E-state index contributed by atoms with van der Waals surface area (Å²) in [6, 6.07) is 9.72. The van der Waals surface area contributed by atoms with Crippen LogP contribution >= 0.6 is 11.3 Å². The average molecular weight is 328 g/mol. The van der Waals surface area contributed by atoms with Crippen molar-refractivity contribution in [1.29, 1.82) is 0 Å². The van der Waals surface area contributed by atoms with Crippen LogP contribution < -0.4 is 5.56 Å². The van der Waals surface area contributed by atoms with E-state index in [9.17, 15) is 9.59 Å². The van der Waals surface area contributed by atoms with Crippen LogP contribution in [0.25, 0.3) is 10.2 Å². The van der Waals surface area contributed by atoms with Gasteiger partial charge in [-0.1, -0.05) is 30.3 Å². The Labute approximate surface area is 137 Å². The van der Waals surface area contributed by atoms with E-state index < -0.39 is 5.97 Å². The number of esters is 1. The molecular formula is C17H16N2O3S. The van der Waals surface area contributed by atoms with Crippen LogP contribution in [0.15, 0.2) is 41.5 Å². The third-order valence-electron chi connectivity index (χ3n) is 3.57. The fourth-order valence-electron chi connectivity index (χ4n) is 2.44. The molecule has 0 saturated carbocycles. The number of hydrogen-bond donors (Lipinski definition) is 0. The lowest BCUT2D eigenvalue weighted by Crippen LogP contribution is -2.21. The van der Waals surface area contributed by atoms with Gasteiger partial charge in [-0.05, 0) is 25.0 Å². The Hall–Kier alpha value is -2.47. The summed E-state index contributed by atoms with van der Waals surface area (Å²) in [4.78, 5) is 30.1. The maximum absolute atomic E-state index is 12.7. The van der Waals surface area contributed by atoms with E-state index in [0.717, 1.165) is 5.56 Å². The molecule has 0 atom stereocenters. The normalized spacial score (nSPS) is 10.9. The molecule has 0 unspecified atom stereocenters. The second kappa shape index (κ2) is 6.34. The Morgan fingerprint density at radius 3 is 2.74 bits per heavy atom. The lowest BCUT2D eigenvalue weighted by molar-refractivity contribution is 0.0531. The smallest absolute Gasteiger partial charge is 0.348 e. The number of ether oxygens (including phenoxy) is 1. The quantitative estimate of drug-likeness (QED) is 0.691. The van der Waals surface area contributed by atoms with Gasteiger partial charge in [0.2, 0.25) is 0 Å². The number of rotatable bonds is 4. The largest absolute Gasteiger partial charge is 0.462 e. The van der Waals surface area contributed by atoms with Crippen LogP contribution in [-0.4, -0.2) is 22.1 Å². The van der Waals surface area contributed by atoms with E-state index in [2.05, 4.69) is 4.98 Å². The zero-order valence-corrected chi connectivity index (χ0v) is 13.7. The van der Waals surface area contributed by atoms with Crippen LogP contribution in [0.2, 0.25) is 0 Å². The van der Waals surface area contributed by atoms with Gasteiger partial charge in [-0.15, -0.1) is 11.3 Å². The van der Waals surface area contributed by atoms with Gasteiger partial charge in [0.25, 0.3) is 5.56 Å². The molecule has 0 radical (unpaired) electrons. The highest BCUT2D eigenvalue weighted by molar-refractivity contribution is 7.20. The highest BCUT2D eigenvalue weighted by Crippen LogP contribution is 2.27. The van der Waals surface area contributed by atoms with Crippen LogP contribution in [0, 0.1) is 6.92 Å². The molecular weight excluding hydrogens is 312 g/mol. The Morgan fingerprint density at radius 1 is 1.30 bits per heavy atom. The minimum absolute atomic E-state index is 0.136. The second-order valence-corrected chi connectivity index (χ2v) is 6.12. The summed E-state index contributed by atoms with van der Waals surface area (Å²) >= 11 is 1.20. The van der Waals surface area contributed by atoms with E-state index in [0.29, 0.717) is 33.8 Å². The summed E-state index contributed by atoms with van der Waals surface area (Å²) in [7, 11) is 0. The number of aromatic nitrogens is 2. The summed E-state index contributed by atoms with van der Waals surface area (Å²) in [5.74, 6) is -0.401. The Kier molecular flexibility index (Phi) is 4.25. The molecule has 0 aliphatic rings. The van der Waals surface area contributed by atoms with Crippen LogP contribution in [-0.2, 0) is 11.3 Å². The lowest BCUT2D eigenvalue weighted by Gasteiger charge is -2.05. The molecule has 0 N–H and O–H groups in total. The number of aryl methyl sites for hydroxylation is 1. The molecule has 23 heavy (non-hydrogen) atoms. The lowest BCUT2D eigenvalue weighted by atomic mass is 10.2. The van der Waals surface area contributed by atoms with Crippen molar-refractivity contribution >= 4 is 27.5 Å². The molecule has 118 valence electrons. The van der Waals surface area contributed by atoms with Gasteiger partial charge in [-0.3, -0.25) is 9.36 Å². The van der Waals surface area contributed by atoms with E-state index in [1.165, 1.54) is 17.7 Å². The van der Waals surface area contributed by atoms with Gasteiger partial charge in [-0.2, -0.15) is 0 Å². The minimum atomic E-state index is -0.401. The molecule has 0 aliphatic carbocycles. The standard InChI is InChI=1S/C17H16N2O3S/c1-3-22-17(21)14-11(2)13-15(23-14)18-10-19(16(13)20)9-12-7-5-4-6-8-12/h4-8,10H,3,9H2,1-2H3. The molecule has 0 bridgehead atoms. The van der Waals surface area contributed by atoms with E-state index >= 15 is 0 Å². The molecule has 5 nitrogen and oxygen atoms in total. The van der Waals surface area contributed by atoms with Crippen LogP contribution in [0.5, 0.6) is 0 Å². The molecule has 0 aliphatic heterocycles. The van der Waals surface area contributed by atoms with Crippen molar-refractivity contribution in [3.8, 4) is 0 Å². The average Bonchev–Trinajstić information content (AvgIpc) is 2.89. The van der Waals surface area contributed by atoms with Crippen molar-refractivity contribution < 1.29 is 9.53 Å². The monoisotopic (exact) mass is 328 g/mol. The summed E-state index contributed by atoms with van der Waals surface area (Å²) in [6.45, 7) is 4.28. The van der Waals surface area contributed by atoms with Crippen molar-refractivity contribution in [2.75, 3.05) is 6.61 Å². The molecule has 6 heteroatoms. The zero-order chi connectivity index (χ0) is 16.4. The molecule has 0 saturated heterocycles. The Morgan fingerprint density at radius 2 is 2.04 bits per heavy atom. The molecule has 0 amide bonds. The fourth-order valence-corrected chi connectivity index (χ4v) is 3.48. The van der Waals surface area contributed by atoms with Gasteiger partial charge in [-0.25, -0.2) is 9.78 Å². The molecule has 1 aromatic carbocycles. The molecule has 2 heterocycles. The number of nitrogens with zero attached hydrogens (tertiary/aromatic N) is 2. The van der Waals surface area contributed by atoms with Crippen molar-refractivity contribution in [2.24, 2.45) is 0 Å². The van der Waals surface area contributed by atoms with E-state index in [1.807, 2.05) is 30.3 Å². The van der Waals surface area contributed by atoms with E-state index in [1.54, 1.807) is 18.4 Å². The number of hydrogen-bond acceptors (Lipinski definition) is 5. The van der Waals surface area contributed by atoms with Gasteiger partial charge >= 0.3 is 5.97 Å². The first-order valence-electron chi connectivity index (χ1n) is 7.31. The fraction of sp³-hybridized carbons (Fsp3) is 0.235. The molecule has 0 fully saturated rings. The number of thiophene rings is 1. The van der Waals surface area contributed by atoms with Gasteiger partial charge in [0.1, 0.15) is 9.71 Å². The van der Waals surface area contributed by atoms with E-state index in [-0.39, 0.29) is 5.56 Å². The van der Waals surface area contributed by atoms with Crippen LogP contribution in [0.4, 0.5) is 0 Å². The predicted molar refractivity (Wildman–Crippen MR) is 90.1 cm³/mol. The third-order valence-corrected chi connectivity index (χ3v) is 4.75. The molecule has 3 aromatic rings. The van der Waals surface area contributed by atoms with Crippen LogP contribution in [0.3, 0.4) is 0 Å². The highest BCUT2D eigenvalue weighted by Gasteiger charge is 2.20. The molecule has 3 rings (SSSR count). The Bertz CT molecular complexity index is 913. The first kappa shape index (κ1) is 15.4. The van der Waals surface area contributed by atoms with Crippen molar-refractivity contribution in [1.82, 2.24) is 9.55 Å². The predicted octanol–water partition coefficient (Wildman–Crippen LogP) is 2.99. The number of carbonyl (C=O) groups is 1. The van der Waals surface area contributed by atoms with Gasteiger partial charge < -0.3 is 4.74 Å². The maximum atomic E-state index is 12.7. The van der Waals surface area contributed by atoms with Gasteiger partial charge in [0, 0.05) is 0 Å². The Balaban J connectivity index is 2.07. The van der Waals surface area contributed by atoms with Crippen molar-refractivity contribution in [2.45, 2.75) is 20.4 Å². The number of carbonyl (C=O) groups excluding carboxylic acids is 1. The van der Waals surface area contributed by atoms with Crippen LogP contribution in [0.1, 0.15) is 27.7 Å². The third kappa shape index (κ3) is 2.90. The molecule has 2 aromatic heterocycles. The van der Waals surface area contributed by atoms with Crippen molar-refractivity contribution in [3.05, 3.63) is 63.0 Å². The maximum Gasteiger partial charge on any atom is 0.348 e. The summed E-state index contributed by atoms with van der Waals surface area (Å²) < 4.78 is 6.60. The summed E-state index contributed by atoms with van der Waals surface area (Å²) in [6.07, 6.45) is 1.53. The van der Waals surface area contributed by atoms with Gasteiger partial charge in [0.05, 0.1) is 24.9 Å². The second-order valence-electron chi connectivity index (χ2n) is 5.12.